The van der Waals surface area contributed by atoms with E-state index in [-0.39, 0.29) is 5.78 Å². The second-order valence-corrected chi connectivity index (χ2v) is 4.92. The largest absolute Gasteiger partial charge is 0.478 e. The molecule has 0 aliphatic rings. The van der Waals surface area contributed by atoms with Gasteiger partial charge in [-0.1, -0.05) is 37.9 Å². The van der Waals surface area contributed by atoms with E-state index in [4.69, 9.17) is 5.11 Å². The van der Waals surface area contributed by atoms with E-state index < -0.39 is 5.97 Å². The first-order chi connectivity index (χ1) is 8.04. The lowest BCUT2D eigenvalue weighted by Crippen LogP contribution is -2.00. The highest BCUT2D eigenvalue weighted by molar-refractivity contribution is 9.10. The van der Waals surface area contributed by atoms with Gasteiger partial charge in [0.25, 0.3) is 0 Å². The zero-order valence-corrected chi connectivity index (χ0v) is 12.0. The molecule has 5 heteroatoms. The highest BCUT2D eigenvalue weighted by Crippen LogP contribution is 2.21. The molecule has 90 valence electrons. The lowest BCUT2D eigenvalue weighted by Gasteiger charge is -2.03. The molecule has 1 N–H and O–H groups in total. The van der Waals surface area contributed by atoms with Gasteiger partial charge in [-0.2, -0.15) is 0 Å². The SMILES string of the molecule is O=C(O)/C=C/c1ccc(C(=O)CCBr)c(Br)c1. The van der Waals surface area contributed by atoms with Crippen LogP contribution in [0, 0.1) is 0 Å². The van der Waals surface area contributed by atoms with Crippen molar-refractivity contribution < 1.29 is 14.7 Å². The van der Waals surface area contributed by atoms with Crippen LogP contribution in [0.3, 0.4) is 0 Å². The predicted octanol–water partition coefficient (Wildman–Crippen LogP) is 3.51. The third-order valence-electron chi connectivity index (χ3n) is 2.03. The zero-order chi connectivity index (χ0) is 12.8. The standard InChI is InChI=1S/C12H10Br2O3/c13-6-5-11(15)9-3-1-8(7-10(9)14)2-4-12(16)17/h1-4,7H,5-6H2,(H,16,17)/b4-2+. The Labute approximate surface area is 116 Å². The van der Waals surface area contributed by atoms with E-state index >= 15 is 0 Å². The van der Waals surface area contributed by atoms with E-state index in [9.17, 15) is 9.59 Å². The third kappa shape index (κ3) is 4.44. The van der Waals surface area contributed by atoms with Crippen molar-refractivity contribution in [1.82, 2.24) is 0 Å². The molecule has 0 heterocycles. The molecule has 0 spiro atoms. The summed E-state index contributed by atoms with van der Waals surface area (Å²) in [5.41, 5.74) is 1.34. The summed E-state index contributed by atoms with van der Waals surface area (Å²) in [5, 5.41) is 9.12. The zero-order valence-electron chi connectivity index (χ0n) is 8.82. The molecule has 0 unspecified atom stereocenters. The number of rotatable bonds is 5. The monoisotopic (exact) mass is 360 g/mol. The van der Waals surface area contributed by atoms with Gasteiger partial charge in [-0.05, 0) is 23.8 Å². The van der Waals surface area contributed by atoms with Gasteiger partial charge in [0.1, 0.15) is 0 Å². The minimum Gasteiger partial charge on any atom is -0.478 e. The van der Waals surface area contributed by atoms with Gasteiger partial charge in [0, 0.05) is 27.9 Å². The molecule has 0 radical (unpaired) electrons. The molecule has 0 saturated heterocycles. The minimum atomic E-state index is -0.999. The highest BCUT2D eigenvalue weighted by Gasteiger charge is 2.09. The van der Waals surface area contributed by atoms with Gasteiger partial charge in [0.05, 0.1) is 0 Å². The lowest BCUT2D eigenvalue weighted by molar-refractivity contribution is -0.131. The van der Waals surface area contributed by atoms with E-state index in [1.165, 1.54) is 6.08 Å². The number of carbonyl (C=O) groups is 2. The van der Waals surface area contributed by atoms with Gasteiger partial charge < -0.3 is 5.11 Å². The molecule has 1 aromatic carbocycles. The van der Waals surface area contributed by atoms with E-state index in [1.807, 2.05) is 0 Å². The summed E-state index contributed by atoms with van der Waals surface area (Å²) in [4.78, 5) is 22.0. The Balaban J connectivity index is 2.93. The number of hydrogen-bond donors (Lipinski definition) is 1. The van der Waals surface area contributed by atoms with Crippen LogP contribution in [0.5, 0.6) is 0 Å². The Morgan fingerprint density at radius 3 is 2.59 bits per heavy atom. The molecular formula is C12H10Br2O3. The fourth-order valence-corrected chi connectivity index (χ4v) is 2.23. The number of halogens is 2. The van der Waals surface area contributed by atoms with Crippen LogP contribution in [0.15, 0.2) is 28.7 Å². The second-order valence-electron chi connectivity index (χ2n) is 3.27. The molecule has 0 aliphatic heterocycles. The molecule has 0 bridgehead atoms. The molecule has 0 aliphatic carbocycles. The average Bonchev–Trinajstić information content (AvgIpc) is 2.26. The maximum absolute atomic E-state index is 11.7. The smallest absolute Gasteiger partial charge is 0.328 e. The number of hydrogen-bond acceptors (Lipinski definition) is 2. The van der Waals surface area contributed by atoms with Crippen LogP contribution < -0.4 is 0 Å². The summed E-state index contributed by atoms with van der Waals surface area (Å²) in [6.07, 6.45) is 2.97. The Morgan fingerprint density at radius 2 is 2.06 bits per heavy atom. The van der Waals surface area contributed by atoms with Crippen LogP contribution in [0.25, 0.3) is 6.08 Å². The number of ketones is 1. The maximum atomic E-state index is 11.7. The van der Waals surface area contributed by atoms with Crippen LogP contribution in [-0.4, -0.2) is 22.2 Å². The van der Waals surface area contributed by atoms with Crippen molar-refractivity contribution in [2.24, 2.45) is 0 Å². The van der Waals surface area contributed by atoms with Crippen molar-refractivity contribution in [3.63, 3.8) is 0 Å². The number of carboxylic acid groups (broad SMARTS) is 1. The third-order valence-corrected chi connectivity index (χ3v) is 3.09. The van der Waals surface area contributed by atoms with Gasteiger partial charge >= 0.3 is 5.97 Å². The van der Waals surface area contributed by atoms with Crippen LogP contribution >= 0.6 is 31.9 Å². The molecule has 0 amide bonds. The molecule has 1 rings (SSSR count). The summed E-state index contributed by atoms with van der Waals surface area (Å²) in [7, 11) is 0. The fourth-order valence-electron chi connectivity index (χ4n) is 1.25. The molecule has 3 nitrogen and oxygen atoms in total. The first-order valence-corrected chi connectivity index (χ1v) is 6.75. The molecule has 0 saturated carbocycles. The fraction of sp³-hybridized carbons (Fsp3) is 0.167. The molecule has 0 atom stereocenters. The Kier molecular flexibility index (Phi) is 5.58. The number of carboxylic acids is 1. The quantitative estimate of drug-likeness (QED) is 0.496. The van der Waals surface area contributed by atoms with Gasteiger partial charge in [-0.15, -0.1) is 0 Å². The number of Topliss-reactive ketones (excluding diaryl/α,β-unsaturated/α-hetero) is 1. The van der Waals surface area contributed by atoms with Crippen molar-refractivity contribution in [3.8, 4) is 0 Å². The molecule has 0 fully saturated rings. The Hall–Kier alpha value is -0.940. The normalized spacial score (nSPS) is 10.7. The van der Waals surface area contributed by atoms with E-state index in [0.29, 0.717) is 21.8 Å². The average molecular weight is 362 g/mol. The van der Waals surface area contributed by atoms with Gasteiger partial charge in [0.15, 0.2) is 5.78 Å². The van der Waals surface area contributed by atoms with Crippen LogP contribution in [0.4, 0.5) is 0 Å². The van der Waals surface area contributed by atoms with E-state index in [1.54, 1.807) is 18.2 Å². The second kappa shape index (κ2) is 6.71. The van der Waals surface area contributed by atoms with Crippen molar-refractivity contribution in [2.45, 2.75) is 6.42 Å². The molecule has 17 heavy (non-hydrogen) atoms. The van der Waals surface area contributed by atoms with Crippen molar-refractivity contribution in [2.75, 3.05) is 5.33 Å². The summed E-state index contributed by atoms with van der Waals surface area (Å²) < 4.78 is 0.677. The van der Waals surface area contributed by atoms with Gasteiger partial charge in [-0.3, -0.25) is 4.79 Å². The van der Waals surface area contributed by atoms with Crippen LogP contribution in [0.2, 0.25) is 0 Å². The maximum Gasteiger partial charge on any atom is 0.328 e. The van der Waals surface area contributed by atoms with Gasteiger partial charge in [-0.25, -0.2) is 4.79 Å². The lowest BCUT2D eigenvalue weighted by atomic mass is 10.1. The molecule has 1 aromatic rings. The van der Waals surface area contributed by atoms with Crippen LogP contribution in [0.1, 0.15) is 22.3 Å². The van der Waals surface area contributed by atoms with Crippen LogP contribution in [-0.2, 0) is 4.79 Å². The number of benzene rings is 1. The minimum absolute atomic E-state index is 0.0440. The topological polar surface area (TPSA) is 54.4 Å². The van der Waals surface area contributed by atoms with Gasteiger partial charge in [0.2, 0.25) is 0 Å². The highest BCUT2D eigenvalue weighted by atomic mass is 79.9. The predicted molar refractivity (Wildman–Crippen MR) is 73.6 cm³/mol. The van der Waals surface area contributed by atoms with Crippen molar-refractivity contribution >= 4 is 49.7 Å². The summed E-state index contributed by atoms with van der Waals surface area (Å²) in [6.45, 7) is 0. The number of alkyl halides is 1. The number of aliphatic carboxylic acids is 1. The van der Waals surface area contributed by atoms with E-state index in [0.717, 1.165) is 11.6 Å². The molecular weight excluding hydrogens is 352 g/mol. The Bertz CT molecular complexity index is 467. The Morgan fingerprint density at radius 1 is 1.35 bits per heavy atom. The first kappa shape index (κ1) is 14.1. The van der Waals surface area contributed by atoms with Crippen molar-refractivity contribution in [1.29, 1.82) is 0 Å². The first-order valence-electron chi connectivity index (χ1n) is 4.84. The van der Waals surface area contributed by atoms with E-state index in [2.05, 4.69) is 31.9 Å². The summed E-state index contributed by atoms with van der Waals surface area (Å²) >= 11 is 6.52. The van der Waals surface area contributed by atoms with Crippen molar-refractivity contribution in [3.05, 3.63) is 39.9 Å². The molecule has 0 aromatic heterocycles. The summed E-state index contributed by atoms with van der Waals surface area (Å²) in [5.74, 6) is -0.955. The number of carbonyl (C=O) groups excluding carboxylic acids is 1. The summed E-state index contributed by atoms with van der Waals surface area (Å²) in [6, 6.07) is 5.13.